The molecule has 0 fully saturated rings. The largest absolute Gasteiger partial charge is 0.365 e. The van der Waals surface area contributed by atoms with Gasteiger partial charge in [0.05, 0.1) is 4.90 Å². The molecule has 4 rings (SSSR count). The molecule has 1 unspecified atom stereocenters. The van der Waals surface area contributed by atoms with Crippen molar-refractivity contribution in [1.29, 1.82) is 0 Å². The van der Waals surface area contributed by atoms with Crippen LogP contribution in [0.5, 0.6) is 0 Å². The summed E-state index contributed by atoms with van der Waals surface area (Å²) in [7, 11) is -3.57. The van der Waals surface area contributed by atoms with Crippen molar-refractivity contribution in [3.8, 4) is 0 Å². The second-order valence-corrected chi connectivity index (χ2v) is 9.01. The zero-order valence-electron chi connectivity index (χ0n) is 16.2. The molecule has 1 heterocycles. The minimum absolute atomic E-state index is 0.212. The molecule has 0 saturated heterocycles. The molecule has 3 aromatic carbocycles. The number of hydrogen-bond donors (Lipinski definition) is 1. The van der Waals surface area contributed by atoms with Crippen LogP contribution in [-0.2, 0) is 23.0 Å². The quantitative estimate of drug-likeness (QED) is 0.669. The van der Waals surface area contributed by atoms with Crippen LogP contribution in [0.1, 0.15) is 16.7 Å². The minimum Gasteiger partial charge on any atom is -0.365 e. The van der Waals surface area contributed by atoms with Crippen LogP contribution in [0.25, 0.3) is 6.08 Å². The van der Waals surface area contributed by atoms with Crippen molar-refractivity contribution in [3.63, 3.8) is 0 Å². The summed E-state index contributed by atoms with van der Waals surface area (Å²) in [6, 6.07) is 24.8. The summed E-state index contributed by atoms with van der Waals surface area (Å²) in [4.78, 5) is 2.54. The summed E-state index contributed by atoms with van der Waals surface area (Å²) in [6.07, 6.45) is 2.47. The van der Waals surface area contributed by atoms with E-state index in [1.165, 1.54) is 5.56 Å². The Labute approximate surface area is 172 Å². The molecule has 29 heavy (non-hydrogen) atoms. The maximum Gasteiger partial charge on any atom is 0.240 e. The first-order valence-corrected chi connectivity index (χ1v) is 11.1. The molecular weight excluding hydrogens is 380 g/mol. The van der Waals surface area contributed by atoms with Crippen LogP contribution in [0.2, 0.25) is 0 Å². The van der Waals surface area contributed by atoms with E-state index < -0.39 is 10.0 Å². The molecule has 1 aliphatic heterocycles. The Hall–Kier alpha value is -2.89. The van der Waals surface area contributed by atoms with E-state index in [1.807, 2.05) is 30.3 Å². The van der Waals surface area contributed by atoms with E-state index in [-0.39, 0.29) is 6.04 Å². The number of hydrogen-bond acceptors (Lipinski definition) is 3. The van der Waals surface area contributed by atoms with Gasteiger partial charge in [-0.15, -0.1) is 0 Å². The fourth-order valence-electron chi connectivity index (χ4n) is 3.82. The Morgan fingerprint density at radius 3 is 2.38 bits per heavy atom. The first-order chi connectivity index (χ1) is 14.0. The maximum absolute atomic E-state index is 12.9. The summed E-state index contributed by atoms with van der Waals surface area (Å²) in [6.45, 7) is 5.20. The van der Waals surface area contributed by atoms with Gasteiger partial charge in [0.2, 0.25) is 10.0 Å². The highest BCUT2D eigenvalue weighted by Crippen LogP contribution is 2.30. The van der Waals surface area contributed by atoms with E-state index >= 15 is 0 Å². The van der Waals surface area contributed by atoms with Crippen LogP contribution in [-0.4, -0.2) is 21.0 Å². The zero-order chi connectivity index (χ0) is 20.3. The topological polar surface area (TPSA) is 49.4 Å². The SMILES string of the molecule is C=Cc1ccc2c(c1)CC(NS(=O)(=O)c1ccccc1)CN2Cc1ccccc1. The van der Waals surface area contributed by atoms with Gasteiger partial charge in [0, 0.05) is 24.8 Å². The summed E-state index contributed by atoms with van der Waals surface area (Å²) >= 11 is 0. The highest BCUT2D eigenvalue weighted by molar-refractivity contribution is 7.89. The van der Waals surface area contributed by atoms with Crippen LogP contribution >= 0.6 is 0 Å². The average Bonchev–Trinajstić information content (AvgIpc) is 2.74. The normalized spacial score (nSPS) is 16.3. The van der Waals surface area contributed by atoms with Crippen molar-refractivity contribution in [2.24, 2.45) is 0 Å². The standard InChI is InChI=1S/C24H24N2O2S/c1-2-19-13-14-24-21(15-19)16-22(18-26(24)17-20-9-5-3-6-10-20)25-29(27,28)23-11-7-4-8-12-23/h2-15,22,25H,1,16-18H2. The van der Waals surface area contributed by atoms with Crippen molar-refractivity contribution in [2.75, 3.05) is 11.4 Å². The minimum atomic E-state index is -3.57. The van der Waals surface area contributed by atoms with Gasteiger partial charge in [-0.3, -0.25) is 0 Å². The Morgan fingerprint density at radius 2 is 1.69 bits per heavy atom. The van der Waals surface area contributed by atoms with Crippen molar-refractivity contribution in [1.82, 2.24) is 4.72 Å². The number of nitrogens with zero attached hydrogens (tertiary/aromatic N) is 1. The maximum atomic E-state index is 12.9. The summed E-state index contributed by atoms with van der Waals surface area (Å²) < 4.78 is 28.6. The second kappa shape index (κ2) is 8.23. The van der Waals surface area contributed by atoms with E-state index in [9.17, 15) is 8.42 Å². The summed E-state index contributed by atoms with van der Waals surface area (Å²) in [5.41, 5.74) is 4.51. The van der Waals surface area contributed by atoms with Crippen LogP contribution in [0.4, 0.5) is 5.69 Å². The smallest absolute Gasteiger partial charge is 0.240 e. The molecule has 1 N–H and O–H groups in total. The molecule has 3 aromatic rings. The number of benzene rings is 3. The molecule has 148 valence electrons. The van der Waals surface area contributed by atoms with Crippen molar-refractivity contribution >= 4 is 21.8 Å². The predicted molar refractivity (Wildman–Crippen MR) is 118 cm³/mol. The van der Waals surface area contributed by atoms with Gasteiger partial charge in [0.15, 0.2) is 0 Å². The van der Waals surface area contributed by atoms with E-state index in [4.69, 9.17) is 0 Å². The van der Waals surface area contributed by atoms with Crippen LogP contribution < -0.4 is 9.62 Å². The van der Waals surface area contributed by atoms with Crippen LogP contribution in [0, 0.1) is 0 Å². The van der Waals surface area contributed by atoms with Gasteiger partial charge in [0.1, 0.15) is 0 Å². The van der Waals surface area contributed by atoms with Gasteiger partial charge in [-0.25, -0.2) is 13.1 Å². The van der Waals surface area contributed by atoms with E-state index in [0.717, 1.165) is 23.4 Å². The Bertz CT molecular complexity index is 1100. The molecule has 0 saturated carbocycles. The lowest BCUT2D eigenvalue weighted by atomic mass is 9.96. The molecule has 0 aromatic heterocycles. The molecule has 1 atom stereocenters. The lowest BCUT2D eigenvalue weighted by Gasteiger charge is -2.36. The number of sulfonamides is 1. The van der Waals surface area contributed by atoms with Gasteiger partial charge in [0.25, 0.3) is 0 Å². The molecule has 0 bridgehead atoms. The van der Waals surface area contributed by atoms with Crippen molar-refractivity contribution < 1.29 is 8.42 Å². The summed E-state index contributed by atoms with van der Waals surface area (Å²) in [5, 5.41) is 0. The number of fused-ring (bicyclic) bond motifs is 1. The van der Waals surface area contributed by atoms with Gasteiger partial charge in [-0.2, -0.15) is 0 Å². The second-order valence-electron chi connectivity index (χ2n) is 7.29. The fraction of sp³-hybridized carbons (Fsp3) is 0.167. The average molecular weight is 405 g/mol. The Kier molecular flexibility index (Phi) is 5.51. The van der Waals surface area contributed by atoms with Gasteiger partial charge >= 0.3 is 0 Å². The molecule has 0 amide bonds. The van der Waals surface area contributed by atoms with E-state index in [0.29, 0.717) is 17.9 Å². The molecule has 5 heteroatoms. The van der Waals surface area contributed by atoms with E-state index in [2.05, 4.69) is 46.5 Å². The van der Waals surface area contributed by atoms with Crippen LogP contribution in [0.3, 0.4) is 0 Å². The molecule has 1 aliphatic rings. The molecule has 0 spiro atoms. The third-order valence-corrected chi connectivity index (χ3v) is 6.72. The van der Waals surface area contributed by atoms with Crippen molar-refractivity contribution in [3.05, 3.63) is 102 Å². The first-order valence-electron chi connectivity index (χ1n) is 9.67. The van der Waals surface area contributed by atoms with Crippen molar-refractivity contribution in [2.45, 2.75) is 23.9 Å². The highest BCUT2D eigenvalue weighted by atomic mass is 32.2. The predicted octanol–water partition coefficient (Wildman–Crippen LogP) is 4.24. The highest BCUT2D eigenvalue weighted by Gasteiger charge is 2.28. The molecule has 0 aliphatic carbocycles. The molecule has 4 nitrogen and oxygen atoms in total. The van der Waals surface area contributed by atoms with Crippen LogP contribution in [0.15, 0.2) is 90.3 Å². The lowest BCUT2D eigenvalue weighted by Crippen LogP contribution is -2.48. The third-order valence-electron chi connectivity index (χ3n) is 5.18. The zero-order valence-corrected chi connectivity index (χ0v) is 17.0. The lowest BCUT2D eigenvalue weighted by molar-refractivity contribution is 0.524. The fourth-order valence-corrected chi connectivity index (χ4v) is 5.07. The van der Waals surface area contributed by atoms with Gasteiger partial charge in [-0.05, 0) is 47.4 Å². The first kappa shape index (κ1) is 19.4. The monoisotopic (exact) mass is 404 g/mol. The molecular formula is C24H24N2O2S. The van der Waals surface area contributed by atoms with Gasteiger partial charge in [-0.1, -0.05) is 67.3 Å². The Balaban J connectivity index is 1.64. The van der Waals surface area contributed by atoms with E-state index in [1.54, 1.807) is 24.3 Å². The third kappa shape index (κ3) is 4.42. The Morgan fingerprint density at radius 1 is 1.00 bits per heavy atom. The number of nitrogens with one attached hydrogen (secondary N) is 1. The number of rotatable bonds is 6. The number of anilines is 1. The van der Waals surface area contributed by atoms with Gasteiger partial charge < -0.3 is 4.90 Å². The molecule has 0 radical (unpaired) electrons. The summed E-state index contributed by atoms with van der Waals surface area (Å²) in [5.74, 6) is 0.